The highest BCUT2D eigenvalue weighted by molar-refractivity contribution is 9.10. The van der Waals surface area contributed by atoms with Gasteiger partial charge >= 0.3 is 0 Å². The van der Waals surface area contributed by atoms with E-state index >= 15 is 0 Å². The molecule has 0 aliphatic carbocycles. The molecule has 0 saturated carbocycles. The number of hydrogen-bond donors (Lipinski definition) is 1. The standard InChI is InChI=1S/C10H14BrF2NOS/c1-14-9(2-3-15-4-10(12)13)7-5-16-6-8(7)11/h5-6,9-10,14H,2-4H2,1H3. The molecule has 0 amide bonds. The second kappa shape index (κ2) is 7.32. The summed E-state index contributed by atoms with van der Waals surface area (Å²) in [5, 5.41) is 7.18. The van der Waals surface area contributed by atoms with E-state index in [4.69, 9.17) is 4.74 Å². The SMILES string of the molecule is CNC(CCOCC(F)F)c1cscc1Br. The molecule has 6 heteroatoms. The maximum atomic E-state index is 11.8. The summed E-state index contributed by atoms with van der Waals surface area (Å²) in [6, 6.07) is 0.137. The maximum Gasteiger partial charge on any atom is 0.261 e. The summed E-state index contributed by atoms with van der Waals surface area (Å²) in [7, 11) is 1.85. The van der Waals surface area contributed by atoms with Crippen LogP contribution in [0.25, 0.3) is 0 Å². The van der Waals surface area contributed by atoms with Crippen LogP contribution in [-0.2, 0) is 4.74 Å². The molecule has 0 radical (unpaired) electrons. The predicted octanol–water partition coefficient (Wildman–Crippen LogP) is 3.44. The number of ether oxygens (including phenoxy) is 1. The monoisotopic (exact) mass is 313 g/mol. The Morgan fingerprint density at radius 2 is 2.25 bits per heavy atom. The first-order valence-corrected chi connectivity index (χ1v) is 6.63. The van der Waals surface area contributed by atoms with Gasteiger partial charge in [-0.15, -0.1) is 0 Å². The smallest absolute Gasteiger partial charge is 0.261 e. The third kappa shape index (κ3) is 4.45. The van der Waals surface area contributed by atoms with Gasteiger partial charge < -0.3 is 10.1 Å². The van der Waals surface area contributed by atoms with E-state index in [1.54, 1.807) is 11.3 Å². The highest BCUT2D eigenvalue weighted by Gasteiger charge is 2.13. The van der Waals surface area contributed by atoms with Gasteiger partial charge in [-0.25, -0.2) is 8.78 Å². The van der Waals surface area contributed by atoms with Gasteiger partial charge in [-0.05, 0) is 40.3 Å². The third-order valence-corrected chi connectivity index (χ3v) is 3.91. The van der Waals surface area contributed by atoms with Crippen molar-refractivity contribution in [3.8, 4) is 0 Å². The summed E-state index contributed by atoms with van der Waals surface area (Å²) in [5.74, 6) is 0. The number of thiophene rings is 1. The van der Waals surface area contributed by atoms with Crippen LogP contribution < -0.4 is 5.32 Å². The van der Waals surface area contributed by atoms with Crippen molar-refractivity contribution in [2.75, 3.05) is 20.3 Å². The molecule has 1 rings (SSSR count). The Morgan fingerprint density at radius 3 is 2.75 bits per heavy atom. The fourth-order valence-corrected chi connectivity index (χ4v) is 3.00. The van der Waals surface area contributed by atoms with Gasteiger partial charge in [0.25, 0.3) is 6.43 Å². The lowest BCUT2D eigenvalue weighted by molar-refractivity contribution is 0.0145. The molecule has 1 unspecified atom stereocenters. The minimum absolute atomic E-state index is 0.137. The summed E-state index contributed by atoms with van der Waals surface area (Å²) in [6.45, 7) is -0.153. The molecule has 1 aromatic heterocycles. The fraction of sp³-hybridized carbons (Fsp3) is 0.600. The zero-order chi connectivity index (χ0) is 12.0. The van der Waals surface area contributed by atoms with Crippen LogP contribution >= 0.6 is 27.3 Å². The normalized spacial score (nSPS) is 13.3. The van der Waals surface area contributed by atoms with E-state index in [-0.39, 0.29) is 6.04 Å². The van der Waals surface area contributed by atoms with Crippen LogP contribution in [0.15, 0.2) is 15.2 Å². The highest BCUT2D eigenvalue weighted by Crippen LogP contribution is 2.28. The van der Waals surface area contributed by atoms with Crippen molar-refractivity contribution >= 4 is 27.3 Å². The van der Waals surface area contributed by atoms with Crippen LogP contribution in [0, 0.1) is 0 Å². The van der Waals surface area contributed by atoms with E-state index in [0.717, 1.165) is 10.0 Å². The van der Waals surface area contributed by atoms with Crippen LogP contribution in [-0.4, -0.2) is 26.7 Å². The zero-order valence-corrected chi connectivity index (χ0v) is 11.3. The van der Waals surface area contributed by atoms with Crippen molar-refractivity contribution in [3.05, 3.63) is 20.8 Å². The summed E-state index contributed by atoms with van der Waals surface area (Å²) in [6.07, 6.45) is -1.71. The minimum Gasteiger partial charge on any atom is -0.375 e. The Morgan fingerprint density at radius 1 is 1.50 bits per heavy atom. The molecule has 0 bridgehead atoms. The van der Waals surface area contributed by atoms with Crippen molar-refractivity contribution < 1.29 is 13.5 Å². The maximum absolute atomic E-state index is 11.8. The number of hydrogen-bond acceptors (Lipinski definition) is 3. The molecule has 1 aromatic rings. The number of rotatable bonds is 7. The van der Waals surface area contributed by atoms with Crippen molar-refractivity contribution in [1.29, 1.82) is 0 Å². The lowest BCUT2D eigenvalue weighted by atomic mass is 10.1. The summed E-state index contributed by atoms with van der Waals surface area (Å²) < 4.78 is 29.6. The van der Waals surface area contributed by atoms with Crippen molar-refractivity contribution in [3.63, 3.8) is 0 Å². The molecule has 1 heterocycles. The fourth-order valence-electron chi connectivity index (χ4n) is 1.37. The first kappa shape index (κ1) is 14.0. The van der Waals surface area contributed by atoms with Crippen LogP contribution in [0.5, 0.6) is 0 Å². The zero-order valence-electron chi connectivity index (χ0n) is 8.88. The van der Waals surface area contributed by atoms with E-state index in [9.17, 15) is 8.78 Å². The topological polar surface area (TPSA) is 21.3 Å². The van der Waals surface area contributed by atoms with Gasteiger partial charge in [-0.1, -0.05) is 0 Å². The Labute approximate surface area is 106 Å². The molecule has 0 aliphatic rings. The average molecular weight is 314 g/mol. The molecule has 0 fully saturated rings. The second-order valence-corrected chi connectivity index (χ2v) is 4.87. The highest BCUT2D eigenvalue weighted by atomic mass is 79.9. The Hall–Kier alpha value is -0.0400. The van der Waals surface area contributed by atoms with Crippen molar-refractivity contribution in [2.45, 2.75) is 18.9 Å². The largest absolute Gasteiger partial charge is 0.375 e. The molecule has 0 aliphatic heterocycles. The van der Waals surface area contributed by atoms with E-state index in [0.29, 0.717) is 13.0 Å². The van der Waals surface area contributed by atoms with Gasteiger partial charge in [0, 0.05) is 22.5 Å². The van der Waals surface area contributed by atoms with E-state index in [1.807, 2.05) is 17.8 Å². The molecule has 2 nitrogen and oxygen atoms in total. The van der Waals surface area contributed by atoms with E-state index < -0.39 is 13.0 Å². The van der Waals surface area contributed by atoms with Crippen molar-refractivity contribution in [2.24, 2.45) is 0 Å². The predicted molar refractivity (Wildman–Crippen MR) is 65.3 cm³/mol. The van der Waals surface area contributed by atoms with Crippen LogP contribution in [0.3, 0.4) is 0 Å². The van der Waals surface area contributed by atoms with Gasteiger partial charge in [0.15, 0.2) is 0 Å². The van der Waals surface area contributed by atoms with E-state index in [1.165, 1.54) is 0 Å². The second-order valence-electron chi connectivity index (χ2n) is 3.27. The summed E-state index contributed by atoms with van der Waals surface area (Å²) in [5.41, 5.74) is 1.15. The van der Waals surface area contributed by atoms with Crippen LogP contribution in [0.1, 0.15) is 18.0 Å². The quantitative estimate of drug-likeness (QED) is 0.779. The molecular weight excluding hydrogens is 300 g/mol. The van der Waals surface area contributed by atoms with Gasteiger partial charge in [-0.3, -0.25) is 0 Å². The molecule has 16 heavy (non-hydrogen) atoms. The van der Waals surface area contributed by atoms with Gasteiger partial charge in [0.2, 0.25) is 0 Å². The molecule has 0 aromatic carbocycles. The lowest BCUT2D eigenvalue weighted by Crippen LogP contribution is -2.19. The van der Waals surface area contributed by atoms with Crippen LogP contribution in [0.4, 0.5) is 8.78 Å². The van der Waals surface area contributed by atoms with Crippen molar-refractivity contribution in [1.82, 2.24) is 5.32 Å². The van der Waals surface area contributed by atoms with Gasteiger partial charge in [-0.2, -0.15) is 11.3 Å². The molecule has 92 valence electrons. The van der Waals surface area contributed by atoms with Gasteiger partial charge in [0.1, 0.15) is 6.61 Å². The summed E-state index contributed by atoms with van der Waals surface area (Å²) in [4.78, 5) is 0. The number of alkyl halides is 2. The first-order valence-electron chi connectivity index (χ1n) is 4.90. The van der Waals surface area contributed by atoms with E-state index in [2.05, 4.69) is 21.2 Å². The molecule has 0 spiro atoms. The molecule has 1 atom stereocenters. The molecule has 0 saturated heterocycles. The average Bonchev–Trinajstić information content (AvgIpc) is 2.65. The Kier molecular flexibility index (Phi) is 6.41. The first-order chi connectivity index (χ1) is 7.65. The third-order valence-electron chi connectivity index (χ3n) is 2.16. The minimum atomic E-state index is -2.39. The van der Waals surface area contributed by atoms with Crippen LogP contribution in [0.2, 0.25) is 0 Å². The number of halogens is 3. The lowest BCUT2D eigenvalue weighted by Gasteiger charge is -2.15. The number of nitrogens with one attached hydrogen (secondary N) is 1. The van der Waals surface area contributed by atoms with Gasteiger partial charge in [0.05, 0.1) is 0 Å². The summed E-state index contributed by atoms with van der Waals surface area (Å²) >= 11 is 5.06. The molecular formula is C10H14BrF2NOS. The molecule has 1 N–H and O–H groups in total. The Balaban J connectivity index is 2.36. The Bertz CT molecular complexity index is 309.